The lowest BCUT2D eigenvalue weighted by molar-refractivity contribution is 0.414. The monoisotopic (exact) mass is 272 g/mol. The highest BCUT2D eigenvalue weighted by molar-refractivity contribution is 9.10. The molecule has 1 aromatic rings. The summed E-state index contributed by atoms with van der Waals surface area (Å²) in [5.74, 6) is 0.729. The zero-order chi connectivity index (χ0) is 10.8. The summed E-state index contributed by atoms with van der Waals surface area (Å²) in [6, 6.07) is 0.445. The molecule has 2 heterocycles. The number of hydrogen-bond donors (Lipinski definition) is 2. The van der Waals surface area contributed by atoms with Gasteiger partial charge in [0.05, 0.1) is 12.4 Å². The molecule has 0 amide bonds. The van der Waals surface area contributed by atoms with Crippen LogP contribution >= 0.6 is 15.9 Å². The lowest BCUT2D eigenvalue weighted by Crippen LogP contribution is -2.57. The van der Waals surface area contributed by atoms with Gasteiger partial charge in [-0.15, -0.1) is 0 Å². The van der Waals surface area contributed by atoms with Crippen LogP contribution in [-0.4, -0.2) is 35.6 Å². The molecule has 0 spiro atoms. The van der Waals surface area contributed by atoms with E-state index in [1.807, 2.05) is 0 Å². The van der Waals surface area contributed by atoms with E-state index in [0.717, 1.165) is 25.5 Å². The lowest BCUT2D eigenvalue weighted by atomic mass is 10.1. The fourth-order valence-corrected chi connectivity index (χ4v) is 2.09. The fourth-order valence-electron chi connectivity index (χ4n) is 1.65. The number of aromatic amines is 1. The van der Waals surface area contributed by atoms with Crippen molar-refractivity contribution in [2.24, 2.45) is 0 Å². The highest BCUT2D eigenvalue weighted by Gasteiger charge is 2.26. The first-order chi connectivity index (χ1) is 7.24. The number of aromatic nitrogens is 2. The molecule has 0 radical (unpaired) electrons. The van der Waals surface area contributed by atoms with Crippen LogP contribution in [0.3, 0.4) is 0 Å². The van der Waals surface area contributed by atoms with E-state index in [9.17, 15) is 4.79 Å². The molecule has 0 aromatic carbocycles. The van der Waals surface area contributed by atoms with Crippen LogP contribution in [0.4, 0.5) is 5.82 Å². The molecule has 1 saturated heterocycles. The van der Waals surface area contributed by atoms with Gasteiger partial charge in [0.15, 0.2) is 5.82 Å². The lowest BCUT2D eigenvalue weighted by Gasteiger charge is -2.38. The molecule has 0 bridgehead atoms. The summed E-state index contributed by atoms with van der Waals surface area (Å²) in [6.07, 6.45) is 1.44. The molecule has 1 fully saturated rings. The van der Waals surface area contributed by atoms with Crippen molar-refractivity contribution < 1.29 is 0 Å². The number of likely N-dealkylation sites (N-methyl/N-ethyl adjacent to an activating group) is 1. The summed E-state index contributed by atoms with van der Waals surface area (Å²) in [5, 5.41) is 3.21. The maximum atomic E-state index is 11.4. The van der Waals surface area contributed by atoms with Gasteiger partial charge in [-0.2, -0.15) is 0 Å². The Labute approximate surface area is 96.0 Å². The second-order valence-corrected chi connectivity index (χ2v) is 4.26. The topological polar surface area (TPSA) is 61.0 Å². The van der Waals surface area contributed by atoms with Gasteiger partial charge in [-0.25, -0.2) is 4.98 Å². The fraction of sp³-hybridized carbons (Fsp3) is 0.556. The van der Waals surface area contributed by atoms with Crippen molar-refractivity contribution in [1.29, 1.82) is 0 Å². The molecule has 82 valence electrons. The van der Waals surface area contributed by atoms with Crippen LogP contribution in [0.2, 0.25) is 0 Å². The smallest absolute Gasteiger partial charge is 0.267 e. The summed E-state index contributed by atoms with van der Waals surface area (Å²) in [4.78, 5) is 20.3. The van der Waals surface area contributed by atoms with E-state index in [2.05, 4.69) is 43.0 Å². The van der Waals surface area contributed by atoms with Crippen LogP contribution in [0.15, 0.2) is 15.6 Å². The first-order valence-electron chi connectivity index (χ1n) is 4.94. The predicted molar refractivity (Wildman–Crippen MR) is 62.2 cm³/mol. The van der Waals surface area contributed by atoms with Crippen LogP contribution in [0, 0.1) is 0 Å². The summed E-state index contributed by atoms with van der Waals surface area (Å²) in [6.45, 7) is 4.82. The minimum absolute atomic E-state index is 0.134. The molecule has 1 aliphatic rings. The van der Waals surface area contributed by atoms with Crippen molar-refractivity contribution in [2.75, 3.05) is 24.5 Å². The molecule has 6 heteroatoms. The van der Waals surface area contributed by atoms with Gasteiger partial charge in [-0.05, 0) is 22.9 Å². The van der Waals surface area contributed by atoms with Crippen LogP contribution in [0.25, 0.3) is 0 Å². The maximum absolute atomic E-state index is 11.4. The van der Waals surface area contributed by atoms with Crippen molar-refractivity contribution in [3.63, 3.8) is 0 Å². The van der Waals surface area contributed by atoms with Crippen LogP contribution in [0.5, 0.6) is 0 Å². The number of rotatable bonds is 3. The van der Waals surface area contributed by atoms with Crippen molar-refractivity contribution in [2.45, 2.75) is 13.0 Å². The molecule has 1 aromatic heterocycles. The first kappa shape index (κ1) is 10.6. The standard InChI is InChI=1S/C9H13BrN4O/c1-2-14(6-3-11-4-6)8-7(10)9(15)13-5-12-8/h5-6,11H,2-4H2,1H3,(H,12,13,15). The van der Waals surface area contributed by atoms with Crippen LogP contribution in [0.1, 0.15) is 6.92 Å². The maximum Gasteiger partial charge on any atom is 0.267 e. The van der Waals surface area contributed by atoms with Crippen molar-refractivity contribution >= 4 is 21.7 Å². The number of nitrogens with zero attached hydrogens (tertiary/aromatic N) is 2. The molecular formula is C9H13BrN4O. The Hall–Kier alpha value is -0.880. The van der Waals surface area contributed by atoms with E-state index in [4.69, 9.17) is 0 Å². The molecule has 0 unspecified atom stereocenters. The van der Waals surface area contributed by atoms with E-state index in [1.54, 1.807) is 0 Å². The Bertz CT molecular complexity index is 401. The molecule has 15 heavy (non-hydrogen) atoms. The minimum atomic E-state index is -0.134. The van der Waals surface area contributed by atoms with Gasteiger partial charge in [0, 0.05) is 19.6 Å². The Morgan fingerprint density at radius 3 is 2.93 bits per heavy atom. The second kappa shape index (κ2) is 4.32. The molecule has 1 aliphatic heterocycles. The van der Waals surface area contributed by atoms with Crippen LogP contribution in [-0.2, 0) is 0 Å². The van der Waals surface area contributed by atoms with Crippen molar-refractivity contribution in [3.8, 4) is 0 Å². The zero-order valence-electron chi connectivity index (χ0n) is 8.46. The Kier molecular flexibility index (Phi) is 3.06. The largest absolute Gasteiger partial charge is 0.350 e. The van der Waals surface area contributed by atoms with Gasteiger partial charge < -0.3 is 15.2 Å². The van der Waals surface area contributed by atoms with E-state index in [1.165, 1.54) is 6.33 Å². The van der Waals surface area contributed by atoms with Gasteiger partial charge >= 0.3 is 0 Å². The summed E-state index contributed by atoms with van der Waals surface area (Å²) >= 11 is 3.27. The summed E-state index contributed by atoms with van der Waals surface area (Å²) in [5.41, 5.74) is -0.134. The number of anilines is 1. The van der Waals surface area contributed by atoms with E-state index in [0.29, 0.717) is 10.5 Å². The van der Waals surface area contributed by atoms with Gasteiger partial charge in [0.1, 0.15) is 4.47 Å². The molecule has 2 rings (SSSR count). The van der Waals surface area contributed by atoms with E-state index < -0.39 is 0 Å². The Balaban J connectivity index is 2.33. The molecule has 0 aliphatic carbocycles. The quantitative estimate of drug-likeness (QED) is 0.833. The summed E-state index contributed by atoms with van der Waals surface area (Å²) < 4.78 is 0.513. The third kappa shape index (κ3) is 1.91. The highest BCUT2D eigenvalue weighted by Crippen LogP contribution is 2.22. The average Bonchev–Trinajstić information content (AvgIpc) is 2.16. The number of nitrogens with one attached hydrogen (secondary N) is 2. The van der Waals surface area contributed by atoms with E-state index >= 15 is 0 Å². The van der Waals surface area contributed by atoms with Gasteiger partial charge in [-0.1, -0.05) is 0 Å². The number of hydrogen-bond acceptors (Lipinski definition) is 4. The third-order valence-electron chi connectivity index (χ3n) is 2.59. The molecule has 0 atom stereocenters. The second-order valence-electron chi connectivity index (χ2n) is 3.47. The molecular weight excluding hydrogens is 260 g/mol. The predicted octanol–water partition coefficient (Wildman–Crippen LogP) is 0.331. The van der Waals surface area contributed by atoms with Gasteiger partial charge in [0.2, 0.25) is 0 Å². The van der Waals surface area contributed by atoms with Crippen molar-refractivity contribution in [3.05, 3.63) is 21.2 Å². The van der Waals surface area contributed by atoms with Crippen molar-refractivity contribution in [1.82, 2.24) is 15.3 Å². The Morgan fingerprint density at radius 2 is 2.40 bits per heavy atom. The van der Waals surface area contributed by atoms with Gasteiger partial charge in [-0.3, -0.25) is 4.79 Å². The molecule has 5 nitrogen and oxygen atoms in total. The van der Waals surface area contributed by atoms with E-state index in [-0.39, 0.29) is 5.56 Å². The molecule has 0 saturated carbocycles. The summed E-state index contributed by atoms with van der Waals surface area (Å²) in [7, 11) is 0. The van der Waals surface area contributed by atoms with Crippen LogP contribution < -0.4 is 15.8 Å². The third-order valence-corrected chi connectivity index (χ3v) is 3.31. The SMILES string of the molecule is CCN(c1nc[nH]c(=O)c1Br)C1CNC1. The first-order valence-corrected chi connectivity index (χ1v) is 5.74. The molecule has 2 N–H and O–H groups in total. The average molecular weight is 273 g/mol. The normalized spacial score (nSPS) is 16.1. The zero-order valence-corrected chi connectivity index (χ0v) is 10.0. The Morgan fingerprint density at radius 1 is 1.67 bits per heavy atom. The van der Waals surface area contributed by atoms with Gasteiger partial charge in [0.25, 0.3) is 5.56 Å². The minimum Gasteiger partial charge on any atom is -0.350 e. The number of halogens is 1. The highest BCUT2D eigenvalue weighted by atomic mass is 79.9. The number of H-pyrrole nitrogens is 1.